The number of nitrogens with zero attached hydrogens (tertiary/aromatic N) is 2. The average Bonchev–Trinajstić information content (AvgIpc) is 3.27. The van der Waals surface area contributed by atoms with Crippen LogP contribution in [0.15, 0.2) is 24.3 Å². The van der Waals surface area contributed by atoms with Gasteiger partial charge in [-0.15, -0.1) is 0 Å². The van der Waals surface area contributed by atoms with Crippen LogP contribution in [0.3, 0.4) is 0 Å². The Morgan fingerprint density at radius 2 is 1.90 bits per heavy atom. The second-order valence-electron chi connectivity index (χ2n) is 5.32. The maximum absolute atomic E-state index is 5.88. The Bertz CT molecular complexity index is 636. The highest BCUT2D eigenvalue weighted by Crippen LogP contribution is 2.39. The fourth-order valence-electron chi connectivity index (χ4n) is 2.05. The number of aromatic nitrogens is 2. The first-order valence-electron chi connectivity index (χ1n) is 6.97. The van der Waals surface area contributed by atoms with Crippen molar-refractivity contribution in [1.82, 2.24) is 9.97 Å². The zero-order valence-electron chi connectivity index (χ0n) is 12.1. The van der Waals surface area contributed by atoms with E-state index >= 15 is 0 Å². The molecule has 104 valence electrons. The van der Waals surface area contributed by atoms with Crippen molar-refractivity contribution in [3.63, 3.8) is 0 Å². The Labute approximate surface area is 119 Å². The van der Waals surface area contributed by atoms with E-state index in [0.29, 0.717) is 11.8 Å². The summed E-state index contributed by atoms with van der Waals surface area (Å²) in [7, 11) is 1.86. The second-order valence-corrected chi connectivity index (χ2v) is 5.32. The molecule has 1 aliphatic rings. The highest BCUT2D eigenvalue weighted by Gasteiger charge is 2.27. The Kier molecular flexibility index (Phi) is 3.30. The summed E-state index contributed by atoms with van der Waals surface area (Å²) in [6.07, 6.45) is 2.35. The van der Waals surface area contributed by atoms with Gasteiger partial charge >= 0.3 is 0 Å². The molecule has 1 heterocycles. The van der Waals surface area contributed by atoms with Crippen molar-refractivity contribution < 1.29 is 4.74 Å². The summed E-state index contributed by atoms with van der Waals surface area (Å²) in [6, 6.07) is 7.90. The minimum Gasteiger partial charge on any atom is -0.439 e. The summed E-state index contributed by atoms with van der Waals surface area (Å²) in [5.41, 5.74) is 2.47. The van der Waals surface area contributed by atoms with Crippen molar-refractivity contribution in [3.05, 3.63) is 41.2 Å². The topological polar surface area (TPSA) is 47.0 Å². The van der Waals surface area contributed by atoms with Crippen molar-refractivity contribution in [1.29, 1.82) is 0 Å². The summed E-state index contributed by atoms with van der Waals surface area (Å²) < 4.78 is 5.88. The van der Waals surface area contributed by atoms with Gasteiger partial charge in [0.2, 0.25) is 5.88 Å². The standard InChI is InChI=1S/C16H19N3O/c1-10-4-7-13(8-11(10)2)20-15-9-14(17-3)18-16(19-15)12-5-6-12/h4,7-9,12H,5-6H2,1-3H3,(H,17,18,19). The first kappa shape index (κ1) is 12.9. The van der Waals surface area contributed by atoms with Gasteiger partial charge in [0.15, 0.2) is 0 Å². The van der Waals surface area contributed by atoms with Crippen molar-refractivity contribution in [2.75, 3.05) is 12.4 Å². The molecule has 0 radical (unpaired) electrons. The maximum Gasteiger partial charge on any atom is 0.224 e. The molecule has 0 bridgehead atoms. The van der Waals surface area contributed by atoms with Gasteiger partial charge in [0, 0.05) is 19.0 Å². The van der Waals surface area contributed by atoms with Crippen molar-refractivity contribution in [3.8, 4) is 11.6 Å². The predicted molar refractivity (Wildman–Crippen MR) is 79.5 cm³/mol. The van der Waals surface area contributed by atoms with Crippen molar-refractivity contribution in [2.45, 2.75) is 32.6 Å². The first-order valence-corrected chi connectivity index (χ1v) is 6.97. The zero-order chi connectivity index (χ0) is 14.1. The molecule has 1 aliphatic carbocycles. The number of nitrogens with one attached hydrogen (secondary N) is 1. The molecule has 2 aromatic rings. The molecule has 1 aromatic carbocycles. The molecule has 0 unspecified atom stereocenters. The van der Waals surface area contributed by atoms with E-state index in [4.69, 9.17) is 4.74 Å². The quantitative estimate of drug-likeness (QED) is 0.917. The number of hydrogen-bond acceptors (Lipinski definition) is 4. The second kappa shape index (κ2) is 5.12. The molecule has 1 fully saturated rings. The van der Waals surface area contributed by atoms with E-state index in [9.17, 15) is 0 Å². The molecule has 1 N–H and O–H groups in total. The van der Waals surface area contributed by atoms with Crippen molar-refractivity contribution >= 4 is 5.82 Å². The number of anilines is 1. The van der Waals surface area contributed by atoms with E-state index in [1.165, 1.54) is 24.0 Å². The van der Waals surface area contributed by atoms with Crippen LogP contribution in [0.4, 0.5) is 5.82 Å². The Hall–Kier alpha value is -2.10. The number of ether oxygens (including phenoxy) is 1. The Balaban J connectivity index is 1.88. The van der Waals surface area contributed by atoms with Gasteiger partial charge in [0.25, 0.3) is 0 Å². The van der Waals surface area contributed by atoms with Gasteiger partial charge in [0.05, 0.1) is 0 Å². The largest absolute Gasteiger partial charge is 0.439 e. The van der Waals surface area contributed by atoms with Crippen LogP contribution >= 0.6 is 0 Å². The third-order valence-corrected chi connectivity index (χ3v) is 3.62. The number of rotatable bonds is 4. The molecule has 4 nitrogen and oxygen atoms in total. The van der Waals surface area contributed by atoms with Crippen LogP contribution in [-0.4, -0.2) is 17.0 Å². The van der Waals surface area contributed by atoms with E-state index in [1.54, 1.807) is 0 Å². The molecule has 0 spiro atoms. The minimum absolute atomic E-state index is 0.505. The van der Waals surface area contributed by atoms with Gasteiger partial charge in [-0.2, -0.15) is 4.98 Å². The lowest BCUT2D eigenvalue weighted by molar-refractivity contribution is 0.458. The van der Waals surface area contributed by atoms with E-state index in [2.05, 4.69) is 35.2 Å². The highest BCUT2D eigenvalue weighted by atomic mass is 16.5. The van der Waals surface area contributed by atoms with Gasteiger partial charge in [-0.3, -0.25) is 0 Å². The molecular formula is C16H19N3O. The molecule has 1 aromatic heterocycles. The van der Waals surface area contributed by atoms with E-state index in [0.717, 1.165) is 17.4 Å². The third kappa shape index (κ3) is 2.74. The number of hydrogen-bond donors (Lipinski definition) is 1. The fraction of sp³-hybridized carbons (Fsp3) is 0.375. The van der Waals surface area contributed by atoms with E-state index < -0.39 is 0 Å². The predicted octanol–water partition coefficient (Wildman–Crippen LogP) is 3.80. The average molecular weight is 269 g/mol. The molecule has 0 atom stereocenters. The molecule has 3 rings (SSSR count). The van der Waals surface area contributed by atoms with Crippen LogP contribution in [0.5, 0.6) is 11.6 Å². The van der Waals surface area contributed by atoms with Crippen LogP contribution in [0, 0.1) is 13.8 Å². The van der Waals surface area contributed by atoms with Crippen LogP contribution in [-0.2, 0) is 0 Å². The first-order chi connectivity index (χ1) is 9.65. The summed E-state index contributed by atoms with van der Waals surface area (Å²) >= 11 is 0. The minimum atomic E-state index is 0.505. The Morgan fingerprint density at radius 3 is 2.55 bits per heavy atom. The van der Waals surface area contributed by atoms with Crippen LogP contribution in [0.2, 0.25) is 0 Å². The van der Waals surface area contributed by atoms with Crippen molar-refractivity contribution in [2.24, 2.45) is 0 Å². The van der Waals surface area contributed by atoms with E-state index in [1.807, 2.05) is 25.2 Å². The molecule has 0 amide bonds. The van der Waals surface area contributed by atoms with Gasteiger partial charge < -0.3 is 10.1 Å². The van der Waals surface area contributed by atoms with E-state index in [-0.39, 0.29) is 0 Å². The highest BCUT2D eigenvalue weighted by molar-refractivity contribution is 5.41. The van der Waals surface area contributed by atoms with Gasteiger partial charge in [-0.1, -0.05) is 6.07 Å². The molecular weight excluding hydrogens is 250 g/mol. The van der Waals surface area contributed by atoms with Crippen LogP contribution < -0.4 is 10.1 Å². The lowest BCUT2D eigenvalue weighted by Crippen LogP contribution is -2.01. The molecule has 4 heteroatoms. The summed E-state index contributed by atoms with van der Waals surface area (Å²) in [5.74, 6) is 3.62. The molecule has 0 aliphatic heterocycles. The smallest absolute Gasteiger partial charge is 0.224 e. The maximum atomic E-state index is 5.88. The fourth-order valence-corrected chi connectivity index (χ4v) is 2.05. The number of benzene rings is 1. The third-order valence-electron chi connectivity index (χ3n) is 3.62. The van der Waals surface area contributed by atoms with Crippen LogP contribution in [0.1, 0.15) is 35.7 Å². The lowest BCUT2D eigenvalue weighted by Gasteiger charge is -2.10. The zero-order valence-corrected chi connectivity index (χ0v) is 12.1. The lowest BCUT2D eigenvalue weighted by atomic mass is 10.1. The molecule has 0 saturated heterocycles. The van der Waals surface area contributed by atoms with Gasteiger partial charge in [-0.05, 0) is 49.9 Å². The Morgan fingerprint density at radius 1 is 1.10 bits per heavy atom. The molecule has 20 heavy (non-hydrogen) atoms. The van der Waals surface area contributed by atoms with Crippen LogP contribution in [0.25, 0.3) is 0 Å². The summed E-state index contributed by atoms with van der Waals surface area (Å²) in [6.45, 7) is 4.17. The number of aryl methyl sites for hydroxylation is 2. The normalized spacial score (nSPS) is 14.2. The monoisotopic (exact) mass is 269 g/mol. The summed E-state index contributed by atoms with van der Waals surface area (Å²) in [4.78, 5) is 9.00. The summed E-state index contributed by atoms with van der Waals surface area (Å²) in [5, 5.41) is 3.07. The van der Waals surface area contributed by atoms with Gasteiger partial charge in [-0.25, -0.2) is 4.98 Å². The van der Waals surface area contributed by atoms with Gasteiger partial charge in [0.1, 0.15) is 17.4 Å². The SMILES string of the molecule is CNc1cc(Oc2ccc(C)c(C)c2)nc(C2CC2)n1. The molecule has 1 saturated carbocycles.